The predicted octanol–water partition coefficient (Wildman–Crippen LogP) is 4.05. The highest BCUT2D eigenvalue weighted by Crippen LogP contribution is 2.32. The van der Waals surface area contributed by atoms with Crippen LogP contribution < -0.4 is 5.73 Å². The summed E-state index contributed by atoms with van der Waals surface area (Å²) < 4.78 is 2.16. The lowest BCUT2D eigenvalue weighted by atomic mass is 10.3. The number of aromatic amines is 1. The molecule has 0 amide bonds. The molecule has 0 spiro atoms. The highest BCUT2D eigenvalue weighted by Gasteiger charge is 2.07. The molecule has 0 aliphatic heterocycles. The number of fused-ring (bicyclic) bond motifs is 2. The zero-order chi connectivity index (χ0) is 14.2. The Morgan fingerprint density at radius 3 is 2.90 bits per heavy atom. The fourth-order valence-electron chi connectivity index (χ4n) is 2.19. The Morgan fingerprint density at radius 2 is 2.00 bits per heavy atom. The van der Waals surface area contributed by atoms with Crippen molar-refractivity contribution < 1.29 is 0 Å². The highest BCUT2D eigenvalue weighted by molar-refractivity contribution is 8.00. The van der Waals surface area contributed by atoms with Gasteiger partial charge in [-0.25, -0.2) is 9.97 Å². The lowest BCUT2D eigenvalue weighted by Gasteiger charge is -1.92. The lowest BCUT2D eigenvalue weighted by Crippen LogP contribution is -1.82. The zero-order valence-electron chi connectivity index (χ0n) is 11.0. The lowest BCUT2D eigenvalue weighted by molar-refractivity contribution is 1.14. The number of nitrogens with zero attached hydrogens (tertiary/aromatic N) is 2. The van der Waals surface area contributed by atoms with Gasteiger partial charge >= 0.3 is 0 Å². The molecule has 0 saturated carbocycles. The molecule has 0 radical (unpaired) electrons. The van der Waals surface area contributed by atoms with E-state index in [-0.39, 0.29) is 0 Å². The van der Waals surface area contributed by atoms with E-state index in [1.54, 1.807) is 23.1 Å². The van der Waals surface area contributed by atoms with E-state index in [1.807, 2.05) is 42.5 Å². The van der Waals surface area contributed by atoms with Crippen molar-refractivity contribution >= 4 is 50.0 Å². The number of aromatic nitrogens is 3. The number of hydrogen-bond acceptors (Lipinski definition) is 5. The summed E-state index contributed by atoms with van der Waals surface area (Å²) >= 11 is 3.36. The molecule has 0 atom stereocenters. The zero-order valence-corrected chi connectivity index (χ0v) is 12.7. The van der Waals surface area contributed by atoms with Crippen LogP contribution in [0.15, 0.2) is 46.8 Å². The number of thiazole rings is 1. The molecule has 0 aliphatic rings. The molecule has 104 valence electrons. The number of hydrogen-bond donors (Lipinski definition) is 2. The van der Waals surface area contributed by atoms with E-state index in [0.717, 1.165) is 42.9 Å². The number of nitrogens with two attached hydrogens (primary N) is 1. The van der Waals surface area contributed by atoms with Crippen molar-refractivity contribution in [2.75, 3.05) is 5.73 Å². The predicted molar refractivity (Wildman–Crippen MR) is 89.7 cm³/mol. The maximum absolute atomic E-state index is 5.80. The molecule has 0 aliphatic carbocycles. The van der Waals surface area contributed by atoms with E-state index >= 15 is 0 Å². The van der Waals surface area contributed by atoms with E-state index in [0.29, 0.717) is 0 Å². The van der Waals surface area contributed by atoms with E-state index in [9.17, 15) is 0 Å². The minimum absolute atomic E-state index is 0.778. The van der Waals surface area contributed by atoms with E-state index < -0.39 is 0 Å². The average Bonchev–Trinajstić information content (AvgIpc) is 3.07. The third-order valence-electron chi connectivity index (χ3n) is 3.16. The van der Waals surface area contributed by atoms with Crippen LogP contribution in [-0.4, -0.2) is 15.0 Å². The summed E-state index contributed by atoms with van der Waals surface area (Å²) in [4.78, 5) is 12.5. The number of benzene rings is 2. The molecule has 6 heteroatoms. The third-order valence-corrected chi connectivity index (χ3v) is 5.34. The maximum Gasteiger partial charge on any atom is 0.151 e. The van der Waals surface area contributed by atoms with Gasteiger partial charge < -0.3 is 10.7 Å². The Morgan fingerprint density at radius 1 is 1.10 bits per heavy atom. The van der Waals surface area contributed by atoms with E-state index in [2.05, 4.69) is 15.0 Å². The normalized spacial score (nSPS) is 11.4. The number of rotatable bonds is 3. The van der Waals surface area contributed by atoms with Gasteiger partial charge in [-0.3, -0.25) is 0 Å². The summed E-state index contributed by atoms with van der Waals surface area (Å²) in [6.45, 7) is 0. The molecular formula is C15H12N4S2. The average molecular weight is 312 g/mol. The van der Waals surface area contributed by atoms with Crippen molar-refractivity contribution in [3.8, 4) is 0 Å². The van der Waals surface area contributed by atoms with Gasteiger partial charge in [0, 0.05) is 5.69 Å². The first-order chi connectivity index (χ1) is 10.3. The van der Waals surface area contributed by atoms with Crippen molar-refractivity contribution in [2.24, 2.45) is 0 Å². The Balaban J connectivity index is 1.57. The van der Waals surface area contributed by atoms with Gasteiger partial charge in [0.1, 0.15) is 5.82 Å². The number of thioether (sulfide) groups is 1. The van der Waals surface area contributed by atoms with Gasteiger partial charge in [0.2, 0.25) is 0 Å². The van der Waals surface area contributed by atoms with Crippen LogP contribution in [0.4, 0.5) is 5.69 Å². The maximum atomic E-state index is 5.80. The molecule has 0 fully saturated rings. The number of imidazole rings is 1. The molecule has 2 aromatic heterocycles. The smallest absolute Gasteiger partial charge is 0.151 e. The summed E-state index contributed by atoms with van der Waals surface area (Å²) in [5.41, 5.74) is 9.66. The first kappa shape index (κ1) is 12.7. The number of nitrogen functional groups attached to an aromatic ring is 1. The number of H-pyrrole nitrogens is 1. The summed E-state index contributed by atoms with van der Waals surface area (Å²) in [5, 5.41) is 0. The summed E-state index contributed by atoms with van der Waals surface area (Å²) in [6, 6.07) is 13.9. The van der Waals surface area contributed by atoms with E-state index in [1.165, 1.54) is 0 Å². The van der Waals surface area contributed by atoms with Gasteiger partial charge in [0.05, 0.1) is 27.0 Å². The SMILES string of the molecule is Nc1ccc2nc(SCc3nc4ccccc4[nH]3)sc2c1. The summed E-state index contributed by atoms with van der Waals surface area (Å²) in [5.74, 6) is 1.75. The summed E-state index contributed by atoms with van der Waals surface area (Å²) in [7, 11) is 0. The number of para-hydroxylation sites is 2. The van der Waals surface area contributed by atoms with Crippen LogP contribution in [0.1, 0.15) is 5.82 Å². The third kappa shape index (κ3) is 2.48. The number of anilines is 1. The van der Waals surface area contributed by atoms with Crippen molar-refractivity contribution in [3.05, 3.63) is 48.3 Å². The molecule has 0 bridgehead atoms. The molecule has 21 heavy (non-hydrogen) atoms. The second-order valence-corrected chi connectivity index (χ2v) is 6.95. The van der Waals surface area contributed by atoms with Crippen molar-refractivity contribution in [3.63, 3.8) is 0 Å². The van der Waals surface area contributed by atoms with Crippen LogP contribution >= 0.6 is 23.1 Å². The quantitative estimate of drug-likeness (QED) is 0.442. The van der Waals surface area contributed by atoms with Crippen LogP contribution in [0.25, 0.3) is 21.3 Å². The van der Waals surface area contributed by atoms with Gasteiger partial charge in [0.15, 0.2) is 4.34 Å². The van der Waals surface area contributed by atoms with E-state index in [4.69, 9.17) is 5.73 Å². The second-order valence-electron chi connectivity index (χ2n) is 4.70. The standard InChI is InChI=1S/C15H12N4S2/c16-9-5-6-12-13(7-9)21-15(19-12)20-8-14-17-10-3-1-2-4-11(10)18-14/h1-7H,8,16H2,(H,17,18). The van der Waals surface area contributed by atoms with Gasteiger partial charge in [-0.05, 0) is 30.3 Å². The first-order valence-corrected chi connectivity index (χ1v) is 8.31. The Bertz CT molecular complexity index is 893. The second kappa shape index (κ2) is 5.05. The Labute approximate surface area is 129 Å². The van der Waals surface area contributed by atoms with Crippen molar-refractivity contribution in [2.45, 2.75) is 10.1 Å². The van der Waals surface area contributed by atoms with Crippen LogP contribution in [0.3, 0.4) is 0 Å². The fourth-order valence-corrected chi connectivity index (χ4v) is 4.17. The fraction of sp³-hybridized carbons (Fsp3) is 0.0667. The van der Waals surface area contributed by atoms with Crippen LogP contribution in [0.2, 0.25) is 0 Å². The molecule has 2 aromatic carbocycles. The van der Waals surface area contributed by atoms with Gasteiger partial charge in [-0.1, -0.05) is 23.9 Å². The molecule has 3 N–H and O–H groups in total. The van der Waals surface area contributed by atoms with Gasteiger partial charge in [-0.2, -0.15) is 0 Å². The van der Waals surface area contributed by atoms with Gasteiger partial charge in [0.25, 0.3) is 0 Å². The van der Waals surface area contributed by atoms with Crippen molar-refractivity contribution in [1.29, 1.82) is 0 Å². The molecular weight excluding hydrogens is 300 g/mol. The van der Waals surface area contributed by atoms with Crippen LogP contribution in [0, 0.1) is 0 Å². The Kier molecular flexibility index (Phi) is 3.05. The monoisotopic (exact) mass is 312 g/mol. The summed E-state index contributed by atoms with van der Waals surface area (Å²) in [6.07, 6.45) is 0. The molecule has 0 saturated heterocycles. The molecule has 4 aromatic rings. The number of nitrogens with one attached hydrogen (secondary N) is 1. The minimum atomic E-state index is 0.778. The van der Waals surface area contributed by atoms with Crippen molar-refractivity contribution in [1.82, 2.24) is 15.0 Å². The van der Waals surface area contributed by atoms with Crippen LogP contribution in [0.5, 0.6) is 0 Å². The largest absolute Gasteiger partial charge is 0.399 e. The molecule has 4 rings (SSSR count). The first-order valence-electron chi connectivity index (χ1n) is 6.50. The Hall–Kier alpha value is -2.05. The minimum Gasteiger partial charge on any atom is -0.399 e. The van der Waals surface area contributed by atoms with Gasteiger partial charge in [-0.15, -0.1) is 11.3 Å². The molecule has 4 nitrogen and oxygen atoms in total. The highest BCUT2D eigenvalue weighted by atomic mass is 32.2. The van der Waals surface area contributed by atoms with Crippen LogP contribution in [-0.2, 0) is 5.75 Å². The molecule has 0 unspecified atom stereocenters. The molecule has 2 heterocycles. The topological polar surface area (TPSA) is 67.6 Å².